The summed E-state index contributed by atoms with van der Waals surface area (Å²) in [6.07, 6.45) is 0. The number of fused-ring (bicyclic) bond motifs is 1. The molecule has 0 radical (unpaired) electrons. The summed E-state index contributed by atoms with van der Waals surface area (Å²) in [5.41, 5.74) is 2.54. The van der Waals surface area contributed by atoms with Crippen molar-refractivity contribution in [3.8, 4) is 0 Å². The zero-order chi connectivity index (χ0) is 17.4. The summed E-state index contributed by atoms with van der Waals surface area (Å²) in [5.74, 6) is 0.620. The molecule has 0 spiro atoms. The van der Waals surface area contributed by atoms with Crippen LogP contribution in [0.4, 0.5) is 5.69 Å². The van der Waals surface area contributed by atoms with Crippen LogP contribution in [0.3, 0.4) is 0 Å². The van der Waals surface area contributed by atoms with Crippen molar-refractivity contribution in [1.82, 2.24) is 15.1 Å². The monoisotopic (exact) mass is 342 g/mol. The van der Waals surface area contributed by atoms with Gasteiger partial charge in [-0.1, -0.05) is 12.1 Å². The van der Waals surface area contributed by atoms with Gasteiger partial charge in [-0.05, 0) is 24.6 Å². The molecule has 2 atom stereocenters. The minimum atomic E-state index is 0.0158. The first kappa shape index (κ1) is 16.4. The number of piperazine rings is 1. The van der Waals surface area contributed by atoms with Crippen molar-refractivity contribution in [1.29, 1.82) is 0 Å². The van der Waals surface area contributed by atoms with Gasteiger partial charge in [0.15, 0.2) is 0 Å². The fourth-order valence-electron chi connectivity index (χ4n) is 4.22. The topological polar surface area (TPSA) is 55.9 Å². The number of anilines is 1. The van der Waals surface area contributed by atoms with Gasteiger partial charge in [0.05, 0.1) is 12.5 Å². The van der Waals surface area contributed by atoms with Crippen molar-refractivity contribution in [3.05, 3.63) is 29.8 Å². The van der Waals surface area contributed by atoms with Crippen LogP contribution in [0.2, 0.25) is 0 Å². The molecule has 0 unspecified atom stereocenters. The quantitative estimate of drug-likeness (QED) is 0.860. The Morgan fingerprint density at radius 2 is 2.00 bits per heavy atom. The van der Waals surface area contributed by atoms with E-state index in [0.717, 1.165) is 39.3 Å². The van der Waals surface area contributed by atoms with Crippen LogP contribution >= 0.6 is 0 Å². The Balaban J connectivity index is 1.27. The van der Waals surface area contributed by atoms with E-state index in [9.17, 15) is 9.59 Å². The molecular formula is C19H26N4O2. The van der Waals surface area contributed by atoms with Crippen molar-refractivity contribution in [2.24, 2.45) is 11.8 Å². The molecule has 4 rings (SSSR count). The Morgan fingerprint density at radius 3 is 2.72 bits per heavy atom. The van der Waals surface area contributed by atoms with Crippen molar-refractivity contribution < 1.29 is 9.59 Å². The van der Waals surface area contributed by atoms with Crippen LogP contribution in [0, 0.1) is 18.8 Å². The minimum Gasteiger partial charge on any atom is -0.369 e. The smallest absolute Gasteiger partial charge is 0.236 e. The standard InChI is InChI=1S/C19H26N4O2/c1-14-3-2-4-16(9-14)22-7-5-21(6-8-22)13-18(24)23-11-15-10-20-19(25)17(15)12-23/h2-4,9,15,17H,5-8,10-13H2,1H3,(H,20,25)/t15-,17+/m0/s1. The maximum absolute atomic E-state index is 12.6. The summed E-state index contributed by atoms with van der Waals surface area (Å²) < 4.78 is 0. The number of rotatable bonds is 3. The van der Waals surface area contributed by atoms with Gasteiger partial charge in [0.25, 0.3) is 0 Å². The fourth-order valence-corrected chi connectivity index (χ4v) is 4.22. The highest BCUT2D eigenvalue weighted by atomic mass is 16.2. The highest BCUT2D eigenvalue weighted by molar-refractivity contribution is 5.85. The first-order valence-electron chi connectivity index (χ1n) is 9.19. The van der Waals surface area contributed by atoms with Crippen LogP contribution in [-0.4, -0.2) is 74.0 Å². The first-order valence-corrected chi connectivity index (χ1v) is 9.19. The predicted octanol–water partition coefficient (Wildman–Crippen LogP) is 0.321. The average Bonchev–Trinajstić information content (AvgIpc) is 3.18. The Kier molecular flexibility index (Phi) is 4.37. The van der Waals surface area contributed by atoms with Crippen LogP contribution in [0.15, 0.2) is 24.3 Å². The largest absolute Gasteiger partial charge is 0.369 e. The van der Waals surface area contributed by atoms with Gasteiger partial charge in [-0.15, -0.1) is 0 Å². The van der Waals surface area contributed by atoms with E-state index >= 15 is 0 Å². The van der Waals surface area contributed by atoms with Gasteiger partial charge >= 0.3 is 0 Å². The summed E-state index contributed by atoms with van der Waals surface area (Å²) in [6.45, 7) is 8.34. The van der Waals surface area contributed by atoms with Crippen LogP contribution in [0.1, 0.15) is 5.56 Å². The summed E-state index contributed by atoms with van der Waals surface area (Å²) in [4.78, 5) is 30.8. The van der Waals surface area contributed by atoms with E-state index in [-0.39, 0.29) is 17.7 Å². The van der Waals surface area contributed by atoms with Gasteiger partial charge in [-0.25, -0.2) is 0 Å². The van der Waals surface area contributed by atoms with Gasteiger partial charge in [0.2, 0.25) is 11.8 Å². The molecule has 3 fully saturated rings. The van der Waals surface area contributed by atoms with E-state index in [1.54, 1.807) is 0 Å². The van der Waals surface area contributed by atoms with E-state index in [1.165, 1.54) is 11.3 Å². The third-order valence-corrected chi connectivity index (χ3v) is 5.77. The average molecular weight is 342 g/mol. The lowest BCUT2D eigenvalue weighted by molar-refractivity contribution is -0.132. The van der Waals surface area contributed by atoms with Crippen molar-refractivity contribution in [3.63, 3.8) is 0 Å². The van der Waals surface area contributed by atoms with Crippen LogP contribution in [0.25, 0.3) is 0 Å². The lowest BCUT2D eigenvalue weighted by atomic mass is 10.0. The van der Waals surface area contributed by atoms with Crippen LogP contribution in [-0.2, 0) is 9.59 Å². The number of nitrogens with one attached hydrogen (secondary N) is 1. The molecule has 2 amide bonds. The molecule has 3 aliphatic heterocycles. The molecule has 0 bridgehead atoms. The molecule has 1 aromatic rings. The third kappa shape index (κ3) is 3.35. The number of hydrogen-bond donors (Lipinski definition) is 1. The predicted molar refractivity (Wildman–Crippen MR) is 96.4 cm³/mol. The van der Waals surface area contributed by atoms with Crippen molar-refractivity contribution >= 4 is 17.5 Å². The molecule has 0 saturated carbocycles. The molecule has 0 aromatic heterocycles. The Bertz CT molecular complexity index is 669. The molecule has 134 valence electrons. The second kappa shape index (κ2) is 6.67. The molecule has 6 heteroatoms. The minimum absolute atomic E-state index is 0.0158. The van der Waals surface area contributed by atoms with Gasteiger partial charge in [0, 0.05) is 57.4 Å². The van der Waals surface area contributed by atoms with Gasteiger partial charge in [-0.2, -0.15) is 0 Å². The van der Waals surface area contributed by atoms with E-state index < -0.39 is 0 Å². The normalized spacial score (nSPS) is 26.7. The van der Waals surface area contributed by atoms with E-state index in [2.05, 4.69) is 46.3 Å². The highest BCUT2D eigenvalue weighted by Gasteiger charge is 2.43. The number of carbonyl (C=O) groups is 2. The SMILES string of the molecule is Cc1cccc(N2CCN(CC(=O)N3C[C@@H]4CNC(=O)[C@@H]4C3)CC2)c1. The molecule has 1 aromatic carbocycles. The van der Waals surface area contributed by atoms with Crippen LogP contribution in [0.5, 0.6) is 0 Å². The zero-order valence-corrected chi connectivity index (χ0v) is 14.8. The molecule has 0 aliphatic carbocycles. The van der Waals surface area contributed by atoms with Crippen LogP contribution < -0.4 is 10.2 Å². The number of carbonyl (C=O) groups excluding carboxylic acids is 2. The van der Waals surface area contributed by atoms with Gasteiger partial charge in [-0.3, -0.25) is 14.5 Å². The highest BCUT2D eigenvalue weighted by Crippen LogP contribution is 2.27. The Morgan fingerprint density at radius 1 is 1.20 bits per heavy atom. The number of amides is 2. The number of aryl methyl sites for hydroxylation is 1. The van der Waals surface area contributed by atoms with E-state index in [4.69, 9.17) is 0 Å². The summed E-state index contributed by atoms with van der Waals surface area (Å²) >= 11 is 0. The van der Waals surface area contributed by atoms with Crippen molar-refractivity contribution in [2.75, 3.05) is 57.3 Å². The molecule has 3 heterocycles. The number of likely N-dealkylation sites (tertiary alicyclic amines) is 1. The van der Waals surface area contributed by atoms with Crippen molar-refractivity contribution in [2.45, 2.75) is 6.92 Å². The second-order valence-electron chi connectivity index (χ2n) is 7.51. The maximum Gasteiger partial charge on any atom is 0.236 e. The van der Waals surface area contributed by atoms with Gasteiger partial charge in [0.1, 0.15) is 0 Å². The number of benzene rings is 1. The maximum atomic E-state index is 12.6. The first-order chi connectivity index (χ1) is 12.1. The van der Waals surface area contributed by atoms with E-state index in [1.807, 2.05) is 4.90 Å². The number of hydrogen-bond acceptors (Lipinski definition) is 4. The summed E-state index contributed by atoms with van der Waals surface area (Å²) in [7, 11) is 0. The van der Waals surface area contributed by atoms with Gasteiger partial charge < -0.3 is 15.1 Å². The number of nitrogens with zero attached hydrogens (tertiary/aromatic N) is 3. The molecule has 3 aliphatic rings. The molecule has 25 heavy (non-hydrogen) atoms. The van der Waals surface area contributed by atoms with E-state index in [0.29, 0.717) is 19.0 Å². The molecular weight excluding hydrogens is 316 g/mol. The lowest BCUT2D eigenvalue weighted by Gasteiger charge is -2.36. The Hall–Kier alpha value is -2.08. The Labute approximate surface area is 148 Å². The summed E-state index contributed by atoms with van der Waals surface area (Å²) in [5, 5.41) is 2.89. The second-order valence-corrected chi connectivity index (χ2v) is 7.51. The lowest BCUT2D eigenvalue weighted by Crippen LogP contribution is -2.50. The third-order valence-electron chi connectivity index (χ3n) is 5.77. The summed E-state index contributed by atoms with van der Waals surface area (Å²) in [6, 6.07) is 8.59. The molecule has 3 saturated heterocycles. The fraction of sp³-hybridized carbons (Fsp3) is 0.579. The zero-order valence-electron chi connectivity index (χ0n) is 14.8. The molecule has 1 N–H and O–H groups in total. The molecule has 6 nitrogen and oxygen atoms in total.